The Bertz CT molecular complexity index is 540. The van der Waals surface area contributed by atoms with Crippen LogP contribution < -0.4 is 5.73 Å². The number of nitro groups is 1. The Morgan fingerprint density at radius 1 is 1.55 bits per heavy atom. The van der Waals surface area contributed by atoms with Crippen molar-refractivity contribution < 1.29 is 9.72 Å². The number of aryl methyl sites for hydroxylation is 1. The second-order valence-corrected chi connectivity index (χ2v) is 5.31. The second-order valence-electron chi connectivity index (χ2n) is 5.31. The van der Waals surface area contributed by atoms with E-state index < -0.39 is 4.92 Å². The van der Waals surface area contributed by atoms with Gasteiger partial charge in [-0.15, -0.1) is 0 Å². The van der Waals surface area contributed by atoms with E-state index in [2.05, 4.69) is 0 Å². The van der Waals surface area contributed by atoms with Gasteiger partial charge in [0.1, 0.15) is 0 Å². The monoisotopic (exact) mass is 277 g/mol. The lowest BCUT2D eigenvalue weighted by atomic mass is 10.1. The highest BCUT2D eigenvalue weighted by molar-refractivity contribution is 5.95. The van der Waals surface area contributed by atoms with Crippen LogP contribution in [0.3, 0.4) is 0 Å². The maximum atomic E-state index is 12.4. The molecule has 1 aromatic rings. The highest BCUT2D eigenvalue weighted by atomic mass is 16.6. The summed E-state index contributed by atoms with van der Waals surface area (Å²) in [6, 6.07) is 4.59. The number of nitrogens with two attached hydrogens (primary N) is 1. The first-order valence-electron chi connectivity index (χ1n) is 6.68. The van der Waals surface area contributed by atoms with E-state index in [9.17, 15) is 14.9 Å². The normalized spacial score (nSPS) is 15.8. The van der Waals surface area contributed by atoms with Crippen LogP contribution >= 0.6 is 0 Å². The van der Waals surface area contributed by atoms with E-state index in [0.717, 1.165) is 12.8 Å². The highest BCUT2D eigenvalue weighted by Gasteiger charge is 2.35. The lowest BCUT2D eigenvalue weighted by Crippen LogP contribution is -2.43. The first-order chi connectivity index (χ1) is 9.45. The number of carbonyl (C=O) groups is 1. The van der Waals surface area contributed by atoms with E-state index in [1.807, 2.05) is 0 Å². The number of nitrogens with zero attached hydrogens (tertiary/aromatic N) is 2. The van der Waals surface area contributed by atoms with Crippen LogP contribution in [0.4, 0.5) is 5.69 Å². The molecule has 0 aromatic heterocycles. The average molecular weight is 277 g/mol. The summed E-state index contributed by atoms with van der Waals surface area (Å²) in [4.78, 5) is 24.5. The summed E-state index contributed by atoms with van der Waals surface area (Å²) in [5.74, 6) is 0.254. The van der Waals surface area contributed by atoms with E-state index >= 15 is 0 Å². The molecule has 20 heavy (non-hydrogen) atoms. The summed E-state index contributed by atoms with van der Waals surface area (Å²) in [5, 5.41) is 10.9. The predicted molar refractivity (Wildman–Crippen MR) is 75.5 cm³/mol. The van der Waals surface area contributed by atoms with Crippen LogP contribution in [-0.4, -0.2) is 35.4 Å². The molecule has 1 saturated carbocycles. The molecule has 6 heteroatoms. The van der Waals surface area contributed by atoms with E-state index in [-0.39, 0.29) is 17.6 Å². The van der Waals surface area contributed by atoms with Gasteiger partial charge in [-0.05, 0) is 31.7 Å². The van der Waals surface area contributed by atoms with Gasteiger partial charge in [-0.2, -0.15) is 0 Å². The van der Waals surface area contributed by atoms with Crippen molar-refractivity contribution >= 4 is 11.6 Å². The SMILES string of the molecule is Cc1ccc(C(=O)N(C)C(CN)C2CC2)cc1[N+](=O)[O-]. The van der Waals surface area contributed by atoms with Crippen LogP contribution in [0.15, 0.2) is 18.2 Å². The van der Waals surface area contributed by atoms with E-state index in [1.165, 1.54) is 6.07 Å². The van der Waals surface area contributed by atoms with Crippen molar-refractivity contribution in [1.82, 2.24) is 4.90 Å². The Kier molecular flexibility index (Phi) is 4.04. The van der Waals surface area contributed by atoms with Gasteiger partial charge >= 0.3 is 0 Å². The molecule has 1 atom stereocenters. The van der Waals surface area contributed by atoms with Crippen LogP contribution in [0.5, 0.6) is 0 Å². The number of hydrogen-bond donors (Lipinski definition) is 1. The first-order valence-corrected chi connectivity index (χ1v) is 6.68. The van der Waals surface area contributed by atoms with Gasteiger partial charge in [0.05, 0.1) is 4.92 Å². The smallest absolute Gasteiger partial charge is 0.273 e. The minimum atomic E-state index is -0.465. The van der Waals surface area contributed by atoms with Crippen molar-refractivity contribution in [2.24, 2.45) is 11.7 Å². The lowest BCUT2D eigenvalue weighted by molar-refractivity contribution is -0.385. The third-order valence-corrected chi connectivity index (χ3v) is 3.88. The van der Waals surface area contributed by atoms with Crippen LogP contribution in [0.25, 0.3) is 0 Å². The largest absolute Gasteiger partial charge is 0.337 e. The van der Waals surface area contributed by atoms with Crippen molar-refractivity contribution in [2.75, 3.05) is 13.6 Å². The zero-order valence-corrected chi connectivity index (χ0v) is 11.7. The molecule has 1 aliphatic rings. The first kappa shape index (κ1) is 14.5. The summed E-state index contributed by atoms with van der Waals surface area (Å²) in [5.41, 5.74) is 6.59. The molecule has 0 bridgehead atoms. The molecule has 1 amide bonds. The van der Waals surface area contributed by atoms with Crippen molar-refractivity contribution in [1.29, 1.82) is 0 Å². The molecule has 1 aromatic carbocycles. The number of amides is 1. The third kappa shape index (κ3) is 2.80. The van der Waals surface area contributed by atoms with Crippen LogP contribution in [-0.2, 0) is 0 Å². The minimum absolute atomic E-state index is 0.0165. The van der Waals surface area contributed by atoms with Crippen molar-refractivity contribution in [3.8, 4) is 0 Å². The summed E-state index contributed by atoms with van der Waals surface area (Å²) >= 11 is 0. The molecular weight excluding hydrogens is 258 g/mol. The average Bonchev–Trinajstić information content (AvgIpc) is 3.23. The van der Waals surface area contributed by atoms with Gasteiger partial charge < -0.3 is 10.6 Å². The Morgan fingerprint density at radius 2 is 2.20 bits per heavy atom. The number of benzene rings is 1. The molecule has 108 valence electrons. The van der Waals surface area contributed by atoms with Gasteiger partial charge in [0.2, 0.25) is 0 Å². The van der Waals surface area contributed by atoms with E-state index in [1.54, 1.807) is 31.0 Å². The van der Waals surface area contributed by atoms with Gasteiger partial charge in [0.25, 0.3) is 11.6 Å². The predicted octanol–water partition coefficient (Wildman–Crippen LogP) is 1.71. The standard InChI is InChI=1S/C14H19N3O3/c1-9-3-4-11(7-12(9)17(19)20)14(18)16(2)13(8-15)10-5-6-10/h3-4,7,10,13H,5-6,8,15H2,1-2H3. The maximum absolute atomic E-state index is 12.4. The van der Waals surface area contributed by atoms with Crippen molar-refractivity contribution in [3.63, 3.8) is 0 Å². The molecule has 1 fully saturated rings. The molecular formula is C14H19N3O3. The number of rotatable bonds is 5. The summed E-state index contributed by atoms with van der Waals surface area (Å²) in [7, 11) is 1.71. The van der Waals surface area contributed by atoms with Crippen LogP contribution in [0, 0.1) is 23.0 Å². The van der Waals surface area contributed by atoms with Gasteiger partial charge in [-0.3, -0.25) is 14.9 Å². The lowest BCUT2D eigenvalue weighted by Gasteiger charge is -2.27. The second kappa shape index (κ2) is 5.58. The molecule has 0 aliphatic heterocycles. The molecule has 1 aliphatic carbocycles. The summed E-state index contributed by atoms with van der Waals surface area (Å²) < 4.78 is 0. The van der Waals surface area contributed by atoms with Gasteiger partial charge in [-0.1, -0.05) is 6.07 Å². The Balaban J connectivity index is 2.24. The van der Waals surface area contributed by atoms with E-state index in [4.69, 9.17) is 5.73 Å². The molecule has 6 nitrogen and oxygen atoms in total. The third-order valence-electron chi connectivity index (χ3n) is 3.88. The zero-order chi connectivity index (χ0) is 14.9. The zero-order valence-electron chi connectivity index (χ0n) is 11.7. The molecule has 2 rings (SSSR count). The van der Waals surface area contributed by atoms with Crippen molar-refractivity contribution in [3.05, 3.63) is 39.4 Å². The maximum Gasteiger partial charge on any atom is 0.273 e. The number of hydrogen-bond acceptors (Lipinski definition) is 4. The van der Waals surface area contributed by atoms with Crippen molar-refractivity contribution in [2.45, 2.75) is 25.8 Å². The van der Waals surface area contributed by atoms with Gasteiger partial charge in [0.15, 0.2) is 0 Å². The minimum Gasteiger partial charge on any atom is -0.337 e. The Morgan fingerprint density at radius 3 is 2.70 bits per heavy atom. The van der Waals surface area contributed by atoms with E-state index in [0.29, 0.717) is 23.6 Å². The Labute approximate surface area is 117 Å². The fraction of sp³-hybridized carbons (Fsp3) is 0.500. The van der Waals surface area contributed by atoms with Gasteiger partial charge in [0, 0.05) is 36.8 Å². The van der Waals surface area contributed by atoms with Crippen LogP contribution in [0.1, 0.15) is 28.8 Å². The van der Waals surface area contributed by atoms with Gasteiger partial charge in [-0.25, -0.2) is 0 Å². The summed E-state index contributed by atoms with van der Waals surface area (Å²) in [6.45, 7) is 2.07. The quantitative estimate of drug-likeness (QED) is 0.655. The molecule has 0 heterocycles. The fourth-order valence-corrected chi connectivity index (χ4v) is 2.44. The molecule has 1 unspecified atom stereocenters. The van der Waals surface area contributed by atoms with Crippen LogP contribution in [0.2, 0.25) is 0 Å². The molecule has 0 saturated heterocycles. The topological polar surface area (TPSA) is 89.5 Å². The molecule has 0 radical (unpaired) electrons. The summed E-state index contributed by atoms with van der Waals surface area (Å²) in [6.07, 6.45) is 2.18. The number of carbonyl (C=O) groups excluding carboxylic acids is 1. The number of likely N-dealkylation sites (N-methyl/N-ethyl adjacent to an activating group) is 1. The molecule has 0 spiro atoms. The fourth-order valence-electron chi connectivity index (χ4n) is 2.44. The molecule has 2 N–H and O–H groups in total. The Hall–Kier alpha value is -1.95. The number of nitro benzene ring substituents is 1. The highest BCUT2D eigenvalue weighted by Crippen LogP contribution is 2.35.